The molecule has 1 N–H and O–H groups in total. The highest BCUT2D eigenvalue weighted by atomic mass is 16.7. The monoisotopic (exact) mass is 486 g/mol. The summed E-state index contributed by atoms with van der Waals surface area (Å²) in [5, 5.41) is 2.81. The molecular weight excluding hydrogens is 456 g/mol. The predicted octanol–water partition coefficient (Wildman–Crippen LogP) is 3.23. The summed E-state index contributed by atoms with van der Waals surface area (Å²) in [5.41, 5.74) is 1.57. The molecule has 4 rings (SSSR count). The number of anilines is 2. The molecule has 35 heavy (non-hydrogen) atoms. The van der Waals surface area contributed by atoms with E-state index in [1.165, 1.54) is 13.0 Å². The standard InChI is InChI=1S/C25H30N2O8/c1-4-31-21-14-19(27-8-10-30-11-9-27)22(32-5-2)13-18(21)26-24(28)16(3)35-25(29)17-6-7-20-23(12-17)34-15-33-20/h6-7,12-14,16H,4-5,8-11,15H2,1-3H3,(H,26,28). The van der Waals surface area contributed by atoms with Crippen molar-refractivity contribution in [2.75, 3.05) is 56.5 Å². The van der Waals surface area contributed by atoms with Crippen molar-refractivity contribution in [3.05, 3.63) is 35.9 Å². The second-order valence-corrected chi connectivity index (χ2v) is 7.89. The van der Waals surface area contributed by atoms with E-state index in [1.807, 2.05) is 19.9 Å². The van der Waals surface area contributed by atoms with E-state index in [1.54, 1.807) is 18.2 Å². The van der Waals surface area contributed by atoms with Crippen LogP contribution in [0.5, 0.6) is 23.0 Å². The van der Waals surface area contributed by atoms with Crippen LogP contribution in [0, 0.1) is 0 Å². The number of esters is 1. The van der Waals surface area contributed by atoms with Crippen LogP contribution in [0.15, 0.2) is 30.3 Å². The fourth-order valence-electron chi connectivity index (χ4n) is 3.78. The van der Waals surface area contributed by atoms with Crippen molar-refractivity contribution in [3.8, 4) is 23.0 Å². The SMILES string of the molecule is CCOc1cc(N2CCOCC2)c(OCC)cc1NC(=O)C(C)OC(=O)c1ccc2c(c1)OCO2. The number of rotatable bonds is 9. The highest BCUT2D eigenvalue weighted by Gasteiger charge is 2.24. The van der Waals surface area contributed by atoms with Gasteiger partial charge in [-0.2, -0.15) is 0 Å². The van der Waals surface area contributed by atoms with Gasteiger partial charge in [0.15, 0.2) is 17.6 Å². The Bertz CT molecular complexity index is 1070. The molecule has 188 valence electrons. The molecule has 2 aromatic carbocycles. The number of fused-ring (bicyclic) bond motifs is 1. The topological polar surface area (TPSA) is 105 Å². The number of carbonyl (C=O) groups excluding carboxylic acids is 2. The molecule has 1 atom stereocenters. The first-order chi connectivity index (χ1) is 17.0. The van der Waals surface area contributed by atoms with Crippen molar-refractivity contribution in [2.45, 2.75) is 26.9 Å². The minimum absolute atomic E-state index is 0.100. The Labute approximate surface area is 204 Å². The molecule has 1 unspecified atom stereocenters. The maximum atomic E-state index is 12.9. The molecule has 0 saturated carbocycles. The smallest absolute Gasteiger partial charge is 0.339 e. The van der Waals surface area contributed by atoms with E-state index in [0.717, 1.165) is 18.8 Å². The van der Waals surface area contributed by atoms with Crippen molar-refractivity contribution < 1.29 is 38.0 Å². The van der Waals surface area contributed by atoms with Crippen LogP contribution >= 0.6 is 0 Å². The zero-order valence-electron chi connectivity index (χ0n) is 20.1. The minimum Gasteiger partial charge on any atom is -0.492 e. The molecule has 1 saturated heterocycles. The van der Waals surface area contributed by atoms with Crippen molar-refractivity contribution >= 4 is 23.3 Å². The molecule has 0 aromatic heterocycles. The summed E-state index contributed by atoms with van der Waals surface area (Å²) in [5.74, 6) is 0.997. The fraction of sp³-hybridized carbons (Fsp3) is 0.440. The van der Waals surface area contributed by atoms with Gasteiger partial charge in [-0.1, -0.05) is 0 Å². The van der Waals surface area contributed by atoms with Gasteiger partial charge < -0.3 is 38.6 Å². The average Bonchev–Trinajstić information content (AvgIpc) is 3.34. The van der Waals surface area contributed by atoms with Crippen LogP contribution < -0.4 is 29.2 Å². The Balaban J connectivity index is 1.49. The average molecular weight is 487 g/mol. The molecule has 1 amide bonds. The summed E-state index contributed by atoms with van der Waals surface area (Å²) in [4.78, 5) is 27.7. The Morgan fingerprint density at radius 2 is 1.71 bits per heavy atom. The first-order valence-electron chi connectivity index (χ1n) is 11.7. The van der Waals surface area contributed by atoms with Gasteiger partial charge in [-0.3, -0.25) is 4.79 Å². The number of nitrogens with zero attached hydrogens (tertiary/aromatic N) is 1. The van der Waals surface area contributed by atoms with E-state index in [-0.39, 0.29) is 12.4 Å². The molecule has 10 nitrogen and oxygen atoms in total. The maximum absolute atomic E-state index is 12.9. The van der Waals surface area contributed by atoms with Gasteiger partial charge in [-0.15, -0.1) is 0 Å². The molecular formula is C25H30N2O8. The number of morpholine rings is 1. The summed E-state index contributed by atoms with van der Waals surface area (Å²) in [6, 6.07) is 8.32. The molecule has 0 spiro atoms. The van der Waals surface area contributed by atoms with Crippen LogP contribution in [0.4, 0.5) is 11.4 Å². The molecule has 2 aliphatic rings. The van der Waals surface area contributed by atoms with Crippen LogP contribution in [0.25, 0.3) is 0 Å². The third kappa shape index (κ3) is 5.71. The van der Waals surface area contributed by atoms with Crippen molar-refractivity contribution in [1.29, 1.82) is 0 Å². The maximum Gasteiger partial charge on any atom is 0.339 e. The molecule has 10 heteroatoms. The molecule has 0 aliphatic carbocycles. The van der Waals surface area contributed by atoms with Crippen molar-refractivity contribution in [3.63, 3.8) is 0 Å². The summed E-state index contributed by atoms with van der Waals surface area (Å²) in [6.07, 6.45) is -1.06. The molecule has 2 heterocycles. The fourth-order valence-corrected chi connectivity index (χ4v) is 3.78. The lowest BCUT2D eigenvalue weighted by Crippen LogP contribution is -2.36. The second-order valence-electron chi connectivity index (χ2n) is 7.89. The number of hydrogen-bond donors (Lipinski definition) is 1. The number of benzene rings is 2. The number of nitrogens with one attached hydrogen (secondary N) is 1. The molecule has 0 bridgehead atoms. The van der Waals surface area contributed by atoms with E-state index in [9.17, 15) is 9.59 Å². The Morgan fingerprint density at radius 3 is 2.46 bits per heavy atom. The lowest BCUT2D eigenvalue weighted by atomic mass is 10.2. The molecule has 0 radical (unpaired) electrons. The highest BCUT2D eigenvalue weighted by Crippen LogP contribution is 2.39. The predicted molar refractivity (Wildman–Crippen MR) is 128 cm³/mol. The zero-order valence-corrected chi connectivity index (χ0v) is 20.1. The highest BCUT2D eigenvalue weighted by molar-refractivity contribution is 5.99. The Morgan fingerprint density at radius 1 is 1.00 bits per heavy atom. The van der Waals surface area contributed by atoms with Gasteiger partial charge >= 0.3 is 5.97 Å². The molecule has 1 fully saturated rings. The van der Waals surface area contributed by atoms with Gasteiger partial charge in [0.05, 0.1) is 43.4 Å². The summed E-state index contributed by atoms with van der Waals surface area (Å²) < 4.78 is 33.1. The summed E-state index contributed by atoms with van der Waals surface area (Å²) >= 11 is 0. The van der Waals surface area contributed by atoms with Crippen LogP contribution in [0.1, 0.15) is 31.1 Å². The van der Waals surface area contributed by atoms with Crippen LogP contribution in [0.2, 0.25) is 0 Å². The van der Waals surface area contributed by atoms with E-state index < -0.39 is 18.0 Å². The van der Waals surface area contributed by atoms with Gasteiger partial charge in [0, 0.05) is 25.2 Å². The van der Waals surface area contributed by atoms with Crippen LogP contribution in [0.3, 0.4) is 0 Å². The van der Waals surface area contributed by atoms with E-state index >= 15 is 0 Å². The van der Waals surface area contributed by atoms with Crippen molar-refractivity contribution in [1.82, 2.24) is 0 Å². The van der Waals surface area contributed by atoms with E-state index in [4.69, 9.17) is 28.4 Å². The summed E-state index contributed by atoms with van der Waals surface area (Å²) in [7, 11) is 0. The van der Waals surface area contributed by atoms with Crippen molar-refractivity contribution in [2.24, 2.45) is 0 Å². The largest absolute Gasteiger partial charge is 0.492 e. The second kappa shape index (κ2) is 11.2. The number of hydrogen-bond acceptors (Lipinski definition) is 9. The molecule has 2 aliphatic heterocycles. The first-order valence-corrected chi connectivity index (χ1v) is 11.7. The minimum atomic E-state index is -1.06. The summed E-state index contributed by atoms with van der Waals surface area (Å²) in [6.45, 7) is 8.95. The number of amides is 1. The molecule has 2 aromatic rings. The lowest BCUT2D eigenvalue weighted by molar-refractivity contribution is -0.123. The van der Waals surface area contributed by atoms with Crippen LogP contribution in [-0.2, 0) is 14.3 Å². The first kappa shape index (κ1) is 24.5. The van der Waals surface area contributed by atoms with Gasteiger partial charge in [-0.25, -0.2) is 4.79 Å². The van der Waals surface area contributed by atoms with Crippen LogP contribution in [-0.4, -0.2) is 64.3 Å². The third-order valence-corrected chi connectivity index (χ3v) is 5.53. The van der Waals surface area contributed by atoms with E-state index in [0.29, 0.717) is 55.1 Å². The van der Waals surface area contributed by atoms with Gasteiger partial charge in [-0.05, 0) is 39.0 Å². The lowest BCUT2D eigenvalue weighted by Gasteiger charge is -2.31. The van der Waals surface area contributed by atoms with Gasteiger partial charge in [0.2, 0.25) is 6.79 Å². The normalized spacial score (nSPS) is 15.3. The zero-order chi connectivity index (χ0) is 24.8. The van der Waals surface area contributed by atoms with Gasteiger partial charge in [0.1, 0.15) is 11.5 Å². The quantitative estimate of drug-likeness (QED) is 0.535. The number of carbonyl (C=O) groups is 2. The van der Waals surface area contributed by atoms with E-state index in [2.05, 4.69) is 10.2 Å². The Kier molecular flexibility index (Phi) is 7.81. The van der Waals surface area contributed by atoms with Gasteiger partial charge in [0.25, 0.3) is 5.91 Å². The Hall–Kier alpha value is -3.66. The third-order valence-electron chi connectivity index (χ3n) is 5.53. The number of ether oxygens (including phenoxy) is 6.